The van der Waals surface area contributed by atoms with Crippen LogP contribution >= 0.6 is 23.2 Å². The summed E-state index contributed by atoms with van der Waals surface area (Å²) in [5, 5.41) is 2.64. The largest absolute Gasteiger partial charge is 0.305 e. The summed E-state index contributed by atoms with van der Waals surface area (Å²) in [5.74, 6) is -0.165. The van der Waals surface area contributed by atoms with Crippen molar-refractivity contribution in [1.82, 2.24) is 15.0 Å². The van der Waals surface area contributed by atoms with E-state index in [4.69, 9.17) is 23.2 Å². The number of amides is 1. The van der Waals surface area contributed by atoms with E-state index < -0.39 is 5.91 Å². The van der Waals surface area contributed by atoms with Crippen molar-refractivity contribution in [3.63, 3.8) is 0 Å². The third-order valence-corrected chi connectivity index (χ3v) is 2.17. The van der Waals surface area contributed by atoms with Crippen LogP contribution in [0.5, 0.6) is 0 Å². The van der Waals surface area contributed by atoms with Gasteiger partial charge in [0.15, 0.2) is 0 Å². The van der Waals surface area contributed by atoms with Crippen LogP contribution in [-0.4, -0.2) is 20.9 Å². The van der Waals surface area contributed by atoms with E-state index in [1.54, 1.807) is 18.2 Å². The average molecular weight is 269 g/mol. The van der Waals surface area contributed by atoms with Crippen molar-refractivity contribution >= 4 is 34.9 Å². The van der Waals surface area contributed by atoms with E-state index in [-0.39, 0.29) is 21.9 Å². The SMILES string of the molecule is O=C(Nc1cc(Cl)nc(Cl)n1)c1ccccn1. The van der Waals surface area contributed by atoms with Crippen LogP contribution in [0.25, 0.3) is 0 Å². The van der Waals surface area contributed by atoms with E-state index in [0.717, 1.165) is 0 Å². The maximum Gasteiger partial charge on any atom is 0.275 e. The molecule has 2 aromatic heterocycles. The lowest BCUT2D eigenvalue weighted by molar-refractivity contribution is 0.102. The summed E-state index contributed by atoms with van der Waals surface area (Å²) in [6, 6.07) is 6.41. The molecule has 7 heteroatoms. The molecule has 0 aromatic carbocycles. The first-order valence-electron chi connectivity index (χ1n) is 4.57. The zero-order valence-electron chi connectivity index (χ0n) is 8.39. The van der Waals surface area contributed by atoms with E-state index in [1.165, 1.54) is 12.3 Å². The molecule has 0 fully saturated rings. The van der Waals surface area contributed by atoms with Crippen molar-refractivity contribution in [2.75, 3.05) is 5.32 Å². The second-order valence-corrected chi connectivity index (χ2v) is 3.74. The lowest BCUT2D eigenvalue weighted by Crippen LogP contribution is -2.14. The molecule has 0 aliphatic rings. The van der Waals surface area contributed by atoms with Crippen molar-refractivity contribution in [2.24, 2.45) is 0 Å². The first kappa shape index (κ1) is 11.8. The molecule has 0 spiro atoms. The van der Waals surface area contributed by atoms with Crippen LogP contribution in [0.3, 0.4) is 0 Å². The molecule has 0 saturated carbocycles. The van der Waals surface area contributed by atoms with Gasteiger partial charge in [-0.25, -0.2) is 9.97 Å². The van der Waals surface area contributed by atoms with Crippen LogP contribution in [0.15, 0.2) is 30.5 Å². The number of rotatable bonds is 2. The zero-order chi connectivity index (χ0) is 12.3. The fraction of sp³-hybridized carbons (Fsp3) is 0. The van der Waals surface area contributed by atoms with Gasteiger partial charge in [0, 0.05) is 12.3 Å². The number of carbonyl (C=O) groups excluding carboxylic acids is 1. The highest BCUT2D eigenvalue weighted by Gasteiger charge is 2.09. The summed E-state index contributed by atoms with van der Waals surface area (Å²) in [6.45, 7) is 0. The minimum Gasteiger partial charge on any atom is -0.305 e. The fourth-order valence-corrected chi connectivity index (χ4v) is 1.54. The predicted octanol–water partition coefficient (Wildman–Crippen LogP) is 2.43. The molecule has 0 bridgehead atoms. The van der Waals surface area contributed by atoms with Crippen LogP contribution < -0.4 is 5.32 Å². The van der Waals surface area contributed by atoms with E-state index in [2.05, 4.69) is 20.3 Å². The number of aromatic nitrogens is 3. The fourth-order valence-electron chi connectivity index (χ4n) is 1.13. The first-order chi connectivity index (χ1) is 8.15. The number of carbonyl (C=O) groups is 1. The normalized spacial score (nSPS) is 10.0. The maximum atomic E-state index is 11.7. The topological polar surface area (TPSA) is 67.8 Å². The molecule has 2 heterocycles. The Labute approximate surface area is 107 Å². The Morgan fingerprint density at radius 1 is 1.24 bits per heavy atom. The second-order valence-electron chi connectivity index (χ2n) is 3.01. The first-order valence-corrected chi connectivity index (χ1v) is 5.33. The number of nitrogens with zero attached hydrogens (tertiary/aromatic N) is 3. The Hall–Kier alpha value is -1.72. The molecule has 5 nitrogen and oxygen atoms in total. The van der Waals surface area contributed by atoms with Crippen molar-refractivity contribution in [2.45, 2.75) is 0 Å². The number of halogens is 2. The van der Waals surface area contributed by atoms with Crippen LogP contribution in [0, 0.1) is 0 Å². The van der Waals surface area contributed by atoms with Crippen molar-refractivity contribution in [3.05, 3.63) is 46.6 Å². The van der Waals surface area contributed by atoms with E-state index in [0.29, 0.717) is 0 Å². The monoisotopic (exact) mass is 268 g/mol. The van der Waals surface area contributed by atoms with Gasteiger partial charge in [-0.15, -0.1) is 0 Å². The van der Waals surface area contributed by atoms with Crippen LogP contribution in [0.1, 0.15) is 10.5 Å². The highest BCUT2D eigenvalue weighted by Crippen LogP contribution is 2.14. The van der Waals surface area contributed by atoms with Gasteiger partial charge in [0.25, 0.3) is 5.91 Å². The quantitative estimate of drug-likeness (QED) is 0.671. The van der Waals surface area contributed by atoms with Gasteiger partial charge in [-0.2, -0.15) is 0 Å². The number of hydrogen-bond acceptors (Lipinski definition) is 4. The van der Waals surface area contributed by atoms with Crippen molar-refractivity contribution in [3.8, 4) is 0 Å². The smallest absolute Gasteiger partial charge is 0.275 e. The molecule has 0 unspecified atom stereocenters. The van der Waals surface area contributed by atoms with Crippen LogP contribution in [0.2, 0.25) is 10.4 Å². The van der Waals surface area contributed by atoms with Crippen LogP contribution in [-0.2, 0) is 0 Å². The molecule has 2 aromatic rings. The molecule has 1 amide bonds. The van der Waals surface area contributed by atoms with Gasteiger partial charge in [-0.1, -0.05) is 17.7 Å². The lowest BCUT2D eigenvalue weighted by Gasteiger charge is -2.03. The zero-order valence-corrected chi connectivity index (χ0v) is 9.90. The summed E-state index contributed by atoms with van der Waals surface area (Å²) >= 11 is 11.3. The second kappa shape index (κ2) is 5.07. The van der Waals surface area contributed by atoms with Crippen molar-refractivity contribution in [1.29, 1.82) is 0 Å². The number of hydrogen-bond donors (Lipinski definition) is 1. The molecule has 0 radical (unpaired) electrons. The lowest BCUT2D eigenvalue weighted by atomic mass is 10.3. The Kier molecular flexibility index (Phi) is 3.51. The minimum absolute atomic E-state index is 0.0335. The Morgan fingerprint density at radius 3 is 2.71 bits per heavy atom. The summed E-state index contributed by atoms with van der Waals surface area (Å²) < 4.78 is 0. The van der Waals surface area contributed by atoms with Gasteiger partial charge in [0.05, 0.1) is 0 Å². The van der Waals surface area contributed by atoms with Gasteiger partial charge in [-0.3, -0.25) is 9.78 Å². The Morgan fingerprint density at radius 2 is 2.06 bits per heavy atom. The van der Waals surface area contributed by atoms with Gasteiger partial charge in [0.2, 0.25) is 5.28 Å². The van der Waals surface area contributed by atoms with Gasteiger partial charge >= 0.3 is 0 Å². The van der Waals surface area contributed by atoms with Crippen LogP contribution in [0.4, 0.5) is 5.82 Å². The molecular weight excluding hydrogens is 263 g/mol. The van der Waals surface area contributed by atoms with E-state index >= 15 is 0 Å². The van der Waals surface area contributed by atoms with E-state index in [1.807, 2.05) is 0 Å². The number of pyridine rings is 1. The Balaban J connectivity index is 2.19. The van der Waals surface area contributed by atoms with Crippen molar-refractivity contribution < 1.29 is 4.79 Å². The summed E-state index contributed by atoms with van der Waals surface area (Å²) in [5.41, 5.74) is 0.276. The van der Waals surface area contributed by atoms with Gasteiger partial charge < -0.3 is 5.32 Å². The summed E-state index contributed by atoms with van der Waals surface area (Å²) in [4.78, 5) is 23.1. The molecule has 0 aliphatic heterocycles. The standard InChI is InChI=1S/C10H6Cl2N4O/c11-7-5-8(16-10(12)14-7)15-9(17)6-3-1-2-4-13-6/h1-5H,(H,14,15,16,17). The highest BCUT2D eigenvalue weighted by molar-refractivity contribution is 6.32. The number of nitrogens with one attached hydrogen (secondary N) is 1. The molecule has 86 valence electrons. The molecule has 1 N–H and O–H groups in total. The maximum absolute atomic E-state index is 11.7. The van der Waals surface area contributed by atoms with Gasteiger partial charge in [-0.05, 0) is 23.7 Å². The highest BCUT2D eigenvalue weighted by atomic mass is 35.5. The molecule has 17 heavy (non-hydrogen) atoms. The van der Waals surface area contributed by atoms with E-state index in [9.17, 15) is 4.79 Å². The molecular formula is C10H6Cl2N4O. The average Bonchev–Trinajstić information content (AvgIpc) is 2.28. The number of anilines is 1. The molecule has 0 saturated heterocycles. The Bertz CT molecular complexity index is 527. The minimum atomic E-state index is -0.392. The summed E-state index contributed by atoms with van der Waals surface area (Å²) in [6.07, 6.45) is 1.52. The third-order valence-electron chi connectivity index (χ3n) is 1.81. The molecule has 0 aliphatic carbocycles. The summed E-state index contributed by atoms with van der Waals surface area (Å²) in [7, 11) is 0. The molecule has 2 rings (SSSR count). The third kappa shape index (κ3) is 3.12. The van der Waals surface area contributed by atoms with Gasteiger partial charge in [0.1, 0.15) is 16.7 Å². The molecule has 0 atom stereocenters. The predicted molar refractivity (Wildman–Crippen MR) is 64.2 cm³/mol.